The lowest BCUT2D eigenvalue weighted by Gasteiger charge is -2.12. The Morgan fingerprint density at radius 2 is 1.21 bits per heavy atom. The monoisotopic (exact) mass is 732 g/mol. The van der Waals surface area contributed by atoms with E-state index in [1.54, 1.807) is 6.08 Å². The molecule has 5 heteroatoms. The van der Waals surface area contributed by atoms with Crippen molar-refractivity contribution >= 4 is 49.3 Å². The molecule has 5 nitrogen and oxygen atoms in total. The van der Waals surface area contributed by atoms with Crippen LogP contribution < -0.4 is 0 Å². The van der Waals surface area contributed by atoms with E-state index < -0.39 is 0 Å². The number of hydrogen-bond donors (Lipinski definition) is 0. The Hall–Kier alpha value is -7.63. The third-order valence-electron chi connectivity index (χ3n) is 10.5. The highest BCUT2D eigenvalue weighted by atomic mass is 16.3. The molecule has 0 fully saturated rings. The lowest BCUT2D eigenvalue weighted by Crippen LogP contribution is -2.03. The Bertz CT molecular complexity index is 3220. The van der Waals surface area contributed by atoms with E-state index >= 15 is 0 Å². The third kappa shape index (κ3) is 6.03. The van der Waals surface area contributed by atoms with Crippen LogP contribution in [-0.2, 0) is 0 Å². The molecule has 0 unspecified atom stereocenters. The highest BCUT2D eigenvalue weighted by molar-refractivity contribution is 6.13. The van der Waals surface area contributed by atoms with E-state index in [1.807, 2.05) is 43.4 Å². The van der Waals surface area contributed by atoms with Crippen molar-refractivity contribution in [2.24, 2.45) is 0 Å². The smallest absolute Gasteiger partial charge is 0.164 e. The summed E-state index contributed by atoms with van der Waals surface area (Å²) < 4.78 is 8.82. The summed E-state index contributed by atoms with van der Waals surface area (Å²) in [6.07, 6.45) is 7.69. The van der Waals surface area contributed by atoms with Gasteiger partial charge in [-0.05, 0) is 60.0 Å². The molecule has 0 amide bonds. The standard InChI is InChI=1S/C52H36N4O/c1-3-15-35(16-4-2)50-53-51(38-20-12-19-36(31-38)34-17-6-5-7-18-34)55-52(54-50)39-21-13-22-40(32-39)56-46-27-10-8-23-42(46)43-30-29-37(33-47(43)56)41-25-14-26-45-44-24-9-11-28-48(44)57-49(41)45/h3-33H,1H2,2H3/b16-4-,35-15+. The molecule has 7 aromatic carbocycles. The Morgan fingerprint density at radius 3 is 2.04 bits per heavy atom. The molecule has 10 aromatic rings. The Kier molecular flexibility index (Phi) is 8.46. The van der Waals surface area contributed by atoms with Gasteiger partial charge in [-0.2, -0.15) is 0 Å². The zero-order valence-corrected chi connectivity index (χ0v) is 31.3. The summed E-state index contributed by atoms with van der Waals surface area (Å²) in [5.74, 6) is 1.75. The summed E-state index contributed by atoms with van der Waals surface area (Å²) >= 11 is 0. The summed E-state index contributed by atoms with van der Waals surface area (Å²) in [4.78, 5) is 15.3. The first-order valence-electron chi connectivity index (χ1n) is 19.1. The highest BCUT2D eigenvalue weighted by Gasteiger charge is 2.18. The van der Waals surface area contributed by atoms with E-state index in [1.165, 1.54) is 10.8 Å². The van der Waals surface area contributed by atoms with Gasteiger partial charge in [0.2, 0.25) is 0 Å². The van der Waals surface area contributed by atoms with Crippen molar-refractivity contribution in [2.75, 3.05) is 0 Å². The van der Waals surface area contributed by atoms with Gasteiger partial charge in [-0.15, -0.1) is 0 Å². The quantitative estimate of drug-likeness (QED) is 0.146. The first-order valence-corrected chi connectivity index (χ1v) is 19.1. The average molecular weight is 733 g/mol. The fourth-order valence-corrected chi connectivity index (χ4v) is 7.92. The number of para-hydroxylation sites is 3. The van der Waals surface area contributed by atoms with Gasteiger partial charge in [0.25, 0.3) is 0 Å². The van der Waals surface area contributed by atoms with Crippen LogP contribution in [0.1, 0.15) is 12.7 Å². The maximum Gasteiger partial charge on any atom is 0.164 e. The lowest BCUT2D eigenvalue weighted by atomic mass is 10.0. The van der Waals surface area contributed by atoms with Crippen LogP contribution in [0.15, 0.2) is 199 Å². The second-order valence-corrected chi connectivity index (χ2v) is 14.0. The molecule has 0 spiro atoms. The minimum Gasteiger partial charge on any atom is -0.455 e. The molecule has 3 heterocycles. The molecule has 0 saturated heterocycles. The predicted octanol–water partition coefficient (Wildman–Crippen LogP) is 13.7. The third-order valence-corrected chi connectivity index (χ3v) is 10.5. The largest absolute Gasteiger partial charge is 0.455 e. The Balaban J connectivity index is 1.15. The van der Waals surface area contributed by atoms with Gasteiger partial charge in [0.15, 0.2) is 17.5 Å². The summed E-state index contributed by atoms with van der Waals surface area (Å²) in [6.45, 7) is 5.95. The minimum absolute atomic E-state index is 0.574. The van der Waals surface area contributed by atoms with Crippen molar-refractivity contribution in [1.29, 1.82) is 0 Å². The predicted molar refractivity (Wildman–Crippen MR) is 236 cm³/mol. The van der Waals surface area contributed by atoms with Crippen LogP contribution in [-0.4, -0.2) is 19.5 Å². The van der Waals surface area contributed by atoms with Crippen molar-refractivity contribution < 1.29 is 4.42 Å². The molecular weight excluding hydrogens is 697 g/mol. The van der Waals surface area contributed by atoms with Gasteiger partial charge in [-0.1, -0.05) is 158 Å². The van der Waals surface area contributed by atoms with Crippen molar-refractivity contribution in [2.45, 2.75) is 6.92 Å². The van der Waals surface area contributed by atoms with E-state index in [0.717, 1.165) is 77.6 Å². The SMILES string of the molecule is C=C/C=C(\C=C/C)c1nc(-c2cccc(-c3ccccc3)c2)nc(-c2cccc(-n3c4ccccc4c4ccc(-c5cccc6c5oc5ccccc56)cc43)c2)n1. The van der Waals surface area contributed by atoms with Crippen molar-refractivity contribution in [1.82, 2.24) is 19.5 Å². The molecular formula is C52H36N4O. The van der Waals surface area contributed by atoms with Gasteiger partial charge in [-0.25, -0.2) is 15.0 Å². The fourth-order valence-electron chi connectivity index (χ4n) is 7.92. The summed E-state index contributed by atoms with van der Waals surface area (Å²) in [7, 11) is 0. The normalized spacial score (nSPS) is 12.1. The van der Waals surface area contributed by atoms with E-state index in [0.29, 0.717) is 17.5 Å². The second kappa shape index (κ2) is 14.2. The van der Waals surface area contributed by atoms with E-state index in [4.69, 9.17) is 19.4 Å². The second-order valence-electron chi connectivity index (χ2n) is 14.0. The first kappa shape index (κ1) is 33.9. The molecule has 3 aromatic heterocycles. The maximum absolute atomic E-state index is 6.48. The average Bonchev–Trinajstić information content (AvgIpc) is 3.82. The van der Waals surface area contributed by atoms with Gasteiger partial charge < -0.3 is 8.98 Å². The first-order chi connectivity index (χ1) is 28.2. The number of furan rings is 1. The van der Waals surface area contributed by atoms with Crippen LogP contribution >= 0.6 is 0 Å². The van der Waals surface area contributed by atoms with Gasteiger partial charge in [0.1, 0.15) is 11.2 Å². The molecule has 0 bridgehead atoms. The minimum atomic E-state index is 0.574. The zero-order valence-electron chi connectivity index (χ0n) is 31.3. The fraction of sp³-hybridized carbons (Fsp3) is 0.0192. The lowest BCUT2D eigenvalue weighted by molar-refractivity contribution is 0.670. The molecule has 0 aliphatic rings. The van der Waals surface area contributed by atoms with Crippen molar-refractivity contribution in [3.63, 3.8) is 0 Å². The molecule has 0 N–H and O–H groups in total. The number of nitrogens with zero attached hydrogens (tertiary/aromatic N) is 4. The van der Waals surface area contributed by atoms with Crippen LogP contribution in [0.5, 0.6) is 0 Å². The number of hydrogen-bond acceptors (Lipinski definition) is 4. The van der Waals surface area contributed by atoms with Crippen LogP contribution in [0.25, 0.3) is 100 Å². The van der Waals surface area contributed by atoms with Crippen LogP contribution in [0.2, 0.25) is 0 Å². The van der Waals surface area contributed by atoms with Crippen molar-refractivity contribution in [3.05, 3.63) is 200 Å². The summed E-state index contributed by atoms with van der Waals surface area (Å²) in [5.41, 5.74) is 12.0. The summed E-state index contributed by atoms with van der Waals surface area (Å²) in [6, 6.07) is 57.1. The number of rotatable bonds is 8. The zero-order chi connectivity index (χ0) is 38.3. The van der Waals surface area contributed by atoms with E-state index in [9.17, 15) is 0 Å². The molecule has 0 saturated carbocycles. The van der Waals surface area contributed by atoms with Crippen LogP contribution in [0.4, 0.5) is 0 Å². The van der Waals surface area contributed by atoms with Gasteiger partial charge in [0, 0.05) is 49.5 Å². The van der Waals surface area contributed by atoms with Gasteiger partial charge in [-0.3, -0.25) is 0 Å². The Labute approximate surface area is 330 Å². The van der Waals surface area contributed by atoms with Gasteiger partial charge >= 0.3 is 0 Å². The topological polar surface area (TPSA) is 56.7 Å². The Morgan fingerprint density at radius 1 is 0.544 bits per heavy atom. The molecule has 10 rings (SSSR count). The summed E-state index contributed by atoms with van der Waals surface area (Å²) in [5, 5.41) is 4.58. The van der Waals surface area contributed by atoms with Crippen LogP contribution in [0, 0.1) is 0 Å². The maximum atomic E-state index is 6.48. The molecule has 0 aliphatic carbocycles. The molecule has 0 aliphatic heterocycles. The molecule has 270 valence electrons. The number of fused-ring (bicyclic) bond motifs is 6. The molecule has 0 atom stereocenters. The number of allylic oxidation sites excluding steroid dienone is 5. The van der Waals surface area contributed by atoms with Crippen LogP contribution in [0.3, 0.4) is 0 Å². The molecule has 0 radical (unpaired) electrons. The van der Waals surface area contributed by atoms with Crippen molar-refractivity contribution in [3.8, 4) is 50.7 Å². The molecule has 57 heavy (non-hydrogen) atoms. The highest BCUT2D eigenvalue weighted by Crippen LogP contribution is 2.39. The van der Waals surface area contributed by atoms with E-state index in [-0.39, 0.29) is 0 Å². The number of benzene rings is 7. The number of aromatic nitrogens is 4. The van der Waals surface area contributed by atoms with E-state index in [2.05, 4.69) is 157 Å². The van der Waals surface area contributed by atoms with Gasteiger partial charge in [0.05, 0.1) is 11.0 Å².